The highest BCUT2D eigenvalue weighted by atomic mass is 35.7. The van der Waals surface area contributed by atoms with Crippen LogP contribution in [0, 0.1) is 0 Å². The van der Waals surface area contributed by atoms with E-state index in [9.17, 15) is 0 Å². The molecule has 0 spiro atoms. The zero-order valence-corrected chi connectivity index (χ0v) is 18.0. The first-order chi connectivity index (χ1) is 13.3. The molecule has 1 aromatic carbocycles. The summed E-state index contributed by atoms with van der Waals surface area (Å²) in [5.74, 6) is 2.60. The fraction of sp³-hybridized carbons (Fsp3) is 0.450. The molecule has 1 aromatic heterocycles. The number of halogens is 1. The number of aromatic nitrogens is 1. The van der Waals surface area contributed by atoms with Gasteiger partial charge in [0.2, 0.25) is 0 Å². The minimum atomic E-state index is 0.658. The summed E-state index contributed by atoms with van der Waals surface area (Å²) in [6.45, 7) is 5.63. The van der Waals surface area contributed by atoms with Crippen LogP contribution in [-0.4, -0.2) is 55.5 Å². The first-order valence-corrected chi connectivity index (χ1v) is 12.0. The molecule has 0 radical (unpaired) electrons. The molecule has 1 aliphatic heterocycles. The van der Waals surface area contributed by atoms with Crippen molar-refractivity contribution in [3.05, 3.63) is 48.3 Å². The highest BCUT2D eigenvalue weighted by Crippen LogP contribution is 2.33. The van der Waals surface area contributed by atoms with E-state index in [4.69, 9.17) is 15.4 Å². The van der Waals surface area contributed by atoms with E-state index >= 15 is 0 Å². The van der Waals surface area contributed by atoms with Crippen LogP contribution in [0.3, 0.4) is 0 Å². The molecule has 0 amide bonds. The highest BCUT2D eigenvalue weighted by Gasteiger charge is 2.17. The number of rotatable bonds is 9. The molecule has 1 saturated heterocycles. The molecule has 0 unspecified atom stereocenters. The maximum absolute atomic E-state index is 5.78. The van der Waals surface area contributed by atoms with Gasteiger partial charge < -0.3 is 9.64 Å². The number of benzene rings is 1. The quantitative estimate of drug-likeness (QED) is 0.425. The maximum Gasteiger partial charge on any atom is 0.154 e. The van der Waals surface area contributed by atoms with E-state index in [-0.39, 0.29) is 0 Å². The fourth-order valence-corrected chi connectivity index (χ4v) is 4.90. The average molecular weight is 424 g/mol. The van der Waals surface area contributed by atoms with Crippen molar-refractivity contribution >= 4 is 39.1 Å². The molecule has 3 rings (SSSR count). The van der Waals surface area contributed by atoms with Gasteiger partial charge in [0.1, 0.15) is 0 Å². The van der Waals surface area contributed by atoms with Crippen LogP contribution in [0.1, 0.15) is 12.1 Å². The summed E-state index contributed by atoms with van der Waals surface area (Å²) >= 11 is 1.84. The second kappa shape index (κ2) is 11.1. The maximum atomic E-state index is 5.78. The van der Waals surface area contributed by atoms with Crippen molar-refractivity contribution in [1.29, 1.82) is 0 Å². The molecule has 2 aromatic rings. The predicted molar refractivity (Wildman–Crippen MR) is 118 cm³/mol. The average Bonchev–Trinajstić information content (AvgIpc) is 2.73. The molecule has 0 atom stereocenters. The van der Waals surface area contributed by atoms with Crippen LogP contribution >= 0.6 is 33.4 Å². The molecule has 27 heavy (non-hydrogen) atoms. The Hall–Kier alpha value is -1.08. The third-order valence-electron chi connectivity index (χ3n) is 4.71. The van der Waals surface area contributed by atoms with E-state index in [0.717, 1.165) is 54.8 Å². The Bertz CT molecular complexity index is 697. The van der Waals surface area contributed by atoms with Gasteiger partial charge in [0.25, 0.3) is 0 Å². The minimum Gasteiger partial charge on any atom is -0.494 e. The lowest BCUT2D eigenvalue weighted by molar-refractivity contribution is 0.259. The van der Waals surface area contributed by atoms with Crippen LogP contribution in [-0.2, 0) is 5.75 Å². The van der Waals surface area contributed by atoms with Crippen LogP contribution < -0.4 is 9.64 Å². The summed E-state index contributed by atoms with van der Waals surface area (Å²) in [7, 11) is 8.74. The van der Waals surface area contributed by atoms with Gasteiger partial charge in [0.15, 0.2) is 5.75 Å². The van der Waals surface area contributed by atoms with Gasteiger partial charge in [-0.25, -0.2) is 0 Å². The number of pyridine rings is 1. The van der Waals surface area contributed by atoms with Crippen LogP contribution in [0.15, 0.2) is 47.5 Å². The van der Waals surface area contributed by atoms with Crippen LogP contribution in [0.4, 0.5) is 5.69 Å². The van der Waals surface area contributed by atoms with Gasteiger partial charge in [-0.1, -0.05) is 18.2 Å². The van der Waals surface area contributed by atoms with Crippen molar-refractivity contribution in [3.63, 3.8) is 0 Å². The van der Waals surface area contributed by atoms with Crippen LogP contribution in [0.2, 0.25) is 0 Å². The van der Waals surface area contributed by atoms with Gasteiger partial charge in [0.05, 0.1) is 23.5 Å². The molecule has 1 fully saturated rings. The number of nitrogens with zero attached hydrogens (tertiary/aromatic N) is 3. The van der Waals surface area contributed by atoms with Gasteiger partial charge in [-0.15, -0.1) is 11.8 Å². The summed E-state index contributed by atoms with van der Waals surface area (Å²) in [5, 5.41) is 0. The molecule has 2 heterocycles. The van der Waals surface area contributed by atoms with Crippen molar-refractivity contribution in [3.8, 4) is 5.75 Å². The van der Waals surface area contributed by atoms with Crippen molar-refractivity contribution in [1.82, 2.24) is 9.88 Å². The lowest BCUT2D eigenvalue weighted by Gasteiger charge is -2.36. The van der Waals surface area contributed by atoms with E-state index in [1.54, 1.807) is 7.11 Å². The van der Waals surface area contributed by atoms with E-state index in [1.807, 2.05) is 24.0 Å². The van der Waals surface area contributed by atoms with Gasteiger partial charge in [0, 0.05) is 38.1 Å². The van der Waals surface area contributed by atoms with Crippen molar-refractivity contribution < 1.29 is 4.74 Å². The number of hydrogen-bond donors (Lipinski definition) is 0. The van der Waals surface area contributed by atoms with Gasteiger partial charge in [-0.2, -0.15) is 0 Å². The van der Waals surface area contributed by atoms with E-state index in [0.29, 0.717) is 5.75 Å². The lowest BCUT2D eigenvalue weighted by atomic mass is 10.2. The fourth-order valence-electron chi connectivity index (χ4n) is 3.30. The Morgan fingerprint density at radius 3 is 2.59 bits per heavy atom. The third kappa shape index (κ3) is 5.95. The molecule has 0 aliphatic carbocycles. The van der Waals surface area contributed by atoms with Gasteiger partial charge in [-0.3, -0.25) is 9.88 Å². The Balaban J connectivity index is 1.41. The van der Waals surface area contributed by atoms with Gasteiger partial charge in [-0.05, 0) is 58.6 Å². The normalized spacial score (nSPS) is 15.1. The number of anilines is 1. The molecular weight excluding hydrogens is 398 g/mol. The summed E-state index contributed by atoms with van der Waals surface area (Å²) in [4.78, 5) is 10.6. The lowest BCUT2D eigenvalue weighted by Crippen LogP contribution is -2.46. The van der Waals surface area contributed by atoms with Crippen molar-refractivity contribution in [2.45, 2.75) is 17.1 Å². The molecule has 0 bridgehead atoms. The monoisotopic (exact) mass is 423 g/mol. The van der Waals surface area contributed by atoms with E-state index in [1.165, 1.54) is 23.1 Å². The van der Waals surface area contributed by atoms with E-state index in [2.05, 4.69) is 45.1 Å². The summed E-state index contributed by atoms with van der Waals surface area (Å²) < 4.78 is 5.56. The largest absolute Gasteiger partial charge is 0.494 e. The molecule has 4 nitrogen and oxygen atoms in total. The van der Waals surface area contributed by atoms with Crippen LogP contribution in [0.25, 0.3) is 0 Å². The standard InChI is InChI=1S/C20H26ClN3OS2/c1-25-20-18(16-27-21)22-9-8-19(20)26-15-5-10-23-11-13-24(14-12-23)17-6-3-2-4-7-17/h2-4,6-9H,5,10-16H2,1H3. The zero-order valence-electron chi connectivity index (χ0n) is 15.6. The number of thioether (sulfide) groups is 1. The third-order valence-corrected chi connectivity index (χ3v) is 6.54. The molecule has 0 N–H and O–H groups in total. The molecule has 7 heteroatoms. The predicted octanol–water partition coefficient (Wildman–Crippen LogP) is 4.78. The van der Waals surface area contributed by atoms with Crippen molar-refractivity contribution in [2.75, 3.05) is 50.5 Å². The number of ether oxygens (including phenoxy) is 1. The molecule has 1 aliphatic rings. The minimum absolute atomic E-state index is 0.658. The number of para-hydroxylation sites is 1. The molecular formula is C20H26ClN3OS2. The number of hydrogen-bond acceptors (Lipinski definition) is 6. The SMILES string of the molecule is COc1c(SCCCN2CCN(c3ccccc3)CC2)ccnc1CSCl. The second-order valence-electron chi connectivity index (χ2n) is 6.41. The van der Waals surface area contributed by atoms with Gasteiger partial charge >= 0.3 is 0 Å². The second-order valence-corrected chi connectivity index (χ2v) is 8.71. The highest BCUT2D eigenvalue weighted by molar-refractivity contribution is 8.20. The number of methoxy groups -OCH3 is 1. The first-order valence-electron chi connectivity index (χ1n) is 9.22. The first kappa shape index (κ1) is 20.6. The summed E-state index contributed by atoms with van der Waals surface area (Å²) in [5.41, 5.74) is 2.25. The Morgan fingerprint density at radius 2 is 1.89 bits per heavy atom. The summed E-state index contributed by atoms with van der Waals surface area (Å²) in [6, 6.07) is 12.7. The van der Waals surface area contributed by atoms with Crippen LogP contribution in [0.5, 0.6) is 5.75 Å². The Kier molecular flexibility index (Phi) is 8.45. The zero-order chi connectivity index (χ0) is 18.9. The summed E-state index contributed by atoms with van der Waals surface area (Å²) in [6.07, 6.45) is 3.01. The Morgan fingerprint density at radius 1 is 1.11 bits per heavy atom. The molecule has 146 valence electrons. The number of piperazine rings is 1. The van der Waals surface area contributed by atoms with Crippen molar-refractivity contribution in [2.24, 2.45) is 0 Å². The molecule has 0 saturated carbocycles. The topological polar surface area (TPSA) is 28.6 Å². The Labute approximate surface area is 175 Å². The smallest absolute Gasteiger partial charge is 0.154 e. The van der Waals surface area contributed by atoms with E-state index < -0.39 is 0 Å².